The molecule has 0 aliphatic heterocycles. The maximum absolute atomic E-state index is 11.9. The number of benzene rings is 1. The Balaban J connectivity index is 2.18. The Bertz CT molecular complexity index is 555. The lowest BCUT2D eigenvalue weighted by Gasteiger charge is -2.12. The number of rotatable bonds is 5. The van der Waals surface area contributed by atoms with Gasteiger partial charge in [-0.15, -0.1) is 0 Å². The zero-order chi connectivity index (χ0) is 13.7. The van der Waals surface area contributed by atoms with E-state index in [4.69, 9.17) is 16.3 Å². The summed E-state index contributed by atoms with van der Waals surface area (Å²) in [6.07, 6.45) is 3.86. The van der Waals surface area contributed by atoms with Gasteiger partial charge in [0.15, 0.2) is 0 Å². The predicted octanol–water partition coefficient (Wildman–Crippen LogP) is 3.10. The first kappa shape index (κ1) is 13.4. The van der Waals surface area contributed by atoms with Gasteiger partial charge in [-0.05, 0) is 24.6 Å². The molecule has 1 heterocycles. The van der Waals surface area contributed by atoms with Crippen molar-refractivity contribution in [3.8, 4) is 5.75 Å². The molecule has 0 unspecified atom stereocenters. The van der Waals surface area contributed by atoms with Crippen molar-refractivity contribution >= 4 is 23.2 Å². The van der Waals surface area contributed by atoms with Gasteiger partial charge in [-0.2, -0.15) is 5.10 Å². The van der Waals surface area contributed by atoms with Crippen molar-refractivity contribution in [1.82, 2.24) is 10.2 Å². The number of aromatic nitrogens is 2. The molecule has 0 saturated carbocycles. The van der Waals surface area contributed by atoms with Crippen molar-refractivity contribution in [2.24, 2.45) is 0 Å². The van der Waals surface area contributed by atoms with Crippen LogP contribution in [0.4, 0.5) is 5.69 Å². The maximum atomic E-state index is 11.9. The molecule has 2 aromatic rings. The zero-order valence-electron chi connectivity index (χ0n) is 10.4. The Kier molecular flexibility index (Phi) is 4.41. The topological polar surface area (TPSA) is 67.0 Å². The quantitative estimate of drug-likeness (QED) is 0.884. The molecule has 1 amide bonds. The summed E-state index contributed by atoms with van der Waals surface area (Å²) in [7, 11) is 0. The molecule has 19 heavy (non-hydrogen) atoms. The lowest BCUT2D eigenvalue weighted by atomic mass is 10.2. The van der Waals surface area contributed by atoms with E-state index in [1.807, 2.05) is 6.92 Å². The van der Waals surface area contributed by atoms with E-state index in [0.717, 1.165) is 6.42 Å². The van der Waals surface area contributed by atoms with Crippen LogP contribution in [0.1, 0.15) is 23.7 Å². The Labute approximate surface area is 115 Å². The van der Waals surface area contributed by atoms with Crippen LogP contribution in [0.25, 0.3) is 0 Å². The van der Waals surface area contributed by atoms with Crippen LogP contribution in [-0.4, -0.2) is 22.7 Å². The number of hydrogen-bond donors (Lipinski definition) is 2. The molecule has 2 rings (SSSR count). The summed E-state index contributed by atoms with van der Waals surface area (Å²) in [5.74, 6) is 0.334. The molecule has 0 bridgehead atoms. The third-order valence-electron chi connectivity index (χ3n) is 2.41. The number of aromatic amines is 1. The summed E-state index contributed by atoms with van der Waals surface area (Å²) < 4.78 is 5.56. The molecule has 100 valence electrons. The Morgan fingerprint density at radius 1 is 1.53 bits per heavy atom. The fourth-order valence-corrected chi connectivity index (χ4v) is 1.68. The number of amides is 1. The van der Waals surface area contributed by atoms with Crippen LogP contribution < -0.4 is 10.1 Å². The number of carbonyl (C=O) groups is 1. The maximum Gasteiger partial charge on any atom is 0.258 e. The molecule has 0 atom stereocenters. The predicted molar refractivity (Wildman–Crippen MR) is 73.8 cm³/mol. The summed E-state index contributed by atoms with van der Waals surface area (Å²) >= 11 is 5.93. The molecule has 1 aromatic heterocycles. The molecule has 0 radical (unpaired) electrons. The molecular formula is C13H14ClN3O2. The number of nitrogens with one attached hydrogen (secondary N) is 2. The molecule has 0 fully saturated rings. The largest absolute Gasteiger partial charge is 0.491 e. The number of halogens is 1. The fourth-order valence-electron chi connectivity index (χ4n) is 1.51. The van der Waals surface area contributed by atoms with Crippen LogP contribution in [-0.2, 0) is 0 Å². The Morgan fingerprint density at radius 3 is 3.05 bits per heavy atom. The average Bonchev–Trinajstić information content (AvgIpc) is 2.92. The SMILES string of the molecule is CCCOc1ccc(Cl)cc1NC(=O)c1cn[nH]c1. The van der Waals surface area contributed by atoms with Gasteiger partial charge in [-0.3, -0.25) is 9.89 Å². The molecule has 0 spiro atoms. The molecule has 2 N–H and O–H groups in total. The first-order valence-electron chi connectivity index (χ1n) is 5.93. The van der Waals surface area contributed by atoms with Gasteiger partial charge >= 0.3 is 0 Å². The Morgan fingerprint density at radius 2 is 2.37 bits per heavy atom. The van der Waals surface area contributed by atoms with E-state index in [1.54, 1.807) is 18.2 Å². The smallest absolute Gasteiger partial charge is 0.258 e. The molecule has 1 aromatic carbocycles. The number of H-pyrrole nitrogens is 1. The van der Waals surface area contributed by atoms with E-state index in [0.29, 0.717) is 28.6 Å². The lowest BCUT2D eigenvalue weighted by Crippen LogP contribution is -2.12. The van der Waals surface area contributed by atoms with Crippen molar-refractivity contribution in [2.75, 3.05) is 11.9 Å². The van der Waals surface area contributed by atoms with E-state index >= 15 is 0 Å². The minimum Gasteiger partial charge on any atom is -0.491 e. The van der Waals surface area contributed by atoms with Crippen LogP contribution >= 0.6 is 11.6 Å². The van der Waals surface area contributed by atoms with Crippen LogP contribution in [0, 0.1) is 0 Å². The highest BCUT2D eigenvalue weighted by molar-refractivity contribution is 6.31. The van der Waals surface area contributed by atoms with Crippen LogP contribution in [0.5, 0.6) is 5.75 Å². The summed E-state index contributed by atoms with van der Waals surface area (Å²) in [6.45, 7) is 2.59. The number of hydrogen-bond acceptors (Lipinski definition) is 3. The van der Waals surface area contributed by atoms with Gasteiger partial charge in [-0.1, -0.05) is 18.5 Å². The highest BCUT2D eigenvalue weighted by Crippen LogP contribution is 2.28. The Hall–Kier alpha value is -2.01. The van der Waals surface area contributed by atoms with Crippen molar-refractivity contribution < 1.29 is 9.53 Å². The van der Waals surface area contributed by atoms with E-state index in [2.05, 4.69) is 15.5 Å². The number of ether oxygens (including phenoxy) is 1. The van der Waals surface area contributed by atoms with Crippen molar-refractivity contribution in [3.05, 3.63) is 41.2 Å². The minimum atomic E-state index is -0.266. The highest BCUT2D eigenvalue weighted by atomic mass is 35.5. The van der Waals surface area contributed by atoms with E-state index in [-0.39, 0.29) is 5.91 Å². The summed E-state index contributed by atoms with van der Waals surface area (Å²) in [4.78, 5) is 11.9. The lowest BCUT2D eigenvalue weighted by molar-refractivity contribution is 0.102. The summed E-state index contributed by atoms with van der Waals surface area (Å²) in [5.41, 5.74) is 0.994. The monoisotopic (exact) mass is 279 g/mol. The number of anilines is 1. The van der Waals surface area contributed by atoms with E-state index < -0.39 is 0 Å². The normalized spacial score (nSPS) is 10.2. The third kappa shape index (κ3) is 3.48. The van der Waals surface area contributed by atoms with Crippen LogP contribution in [0.2, 0.25) is 5.02 Å². The van der Waals surface area contributed by atoms with Gasteiger partial charge in [-0.25, -0.2) is 0 Å². The molecule has 0 aliphatic rings. The zero-order valence-corrected chi connectivity index (χ0v) is 11.2. The molecule has 6 heteroatoms. The van der Waals surface area contributed by atoms with Gasteiger partial charge in [0.2, 0.25) is 0 Å². The van der Waals surface area contributed by atoms with Gasteiger partial charge < -0.3 is 10.1 Å². The van der Waals surface area contributed by atoms with Gasteiger partial charge in [0.25, 0.3) is 5.91 Å². The highest BCUT2D eigenvalue weighted by Gasteiger charge is 2.11. The standard InChI is InChI=1S/C13H14ClN3O2/c1-2-5-19-12-4-3-10(14)6-11(12)17-13(18)9-7-15-16-8-9/h3-4,6-8H,2,5H2,1H3,(H,15,16)(H,17,18). The van der Waals surface area contributed by atoms with Crippen molar-refractivity contribution in [3.63, 3.8) is 0 Å². The minimum absolute atomic E-state index is 0.266. The van der Waals surface area contributed by atoms with Crippen molar-refractivity contribution in [1.29, 1.82) is 0 Å². The summed E-state index contributed by atoms with van der Waals surface area (Å²) in [5, 5.41) is 9.61. The molecule has 0 aliphatic carbocycles. The third-order valence-corrected chi connectivity index (χ3v) is 2.65. The summed E-state index contributed by atoms with van der Waals surface area (Å²) in [6, 6.07) is 5.12. The van der Waals surface area contributed by atoms with E-state index in [1.165, 1.54) is 12.4 Å². The first-order chi connectivity index (χ1) is 9.20. The van der Waals surface area contributed by atoms with Gasteiger partial charge in [0, 0.05) is 11.2 Å². The second kappa shape index (κ2) is 6.24. The van der Waals surface area contributed by atoms with Gasteiger partial charge in [0.05, 0.1) is 24.1 Å². The van der Waals surface area contributed by atoms with Gasteiger partial charge in [0.1, 0.15) is 5.75 Å². The van der Waals surface area contributed by atoms with Crippen molar-refractivity contribution in [2.45, 2.75) is 13.3 Å². The number of carbonyl (C=O) groups excluding carboxylic acids is 1. The average molecular weight is 280 g/mol. The van der Waals surface area contributed by atoms with Crippen LogP contribution in [0.15, 0.2) is 30.6 Å². The number of nitrogens with zero attached hydrogens (tertiary/aromatic N) is 1. The molecular weight excluding hydrogens is 266 g/mol. The van der Waals surface area contributed by atoms with Crippen LogP contribution in [0.3, 0.4) is 0 Å². The second-order valence-corrected chi connectivity index (χ2v) is 4.37. The molecule has 0 saturated heterocycles. The first-order valence-corrected chi connectivity index (χ1v) is 6.31. The second-order valence-electron chi connectivity index (χ2n) is 3.93. The fraction of sp³-hybridized carbons (Fsp3) is 0.231. The molecule has 5 nitrogen and oxygen atoms in total. The van der Waals surface area contributed by atoms with E-state index in [9.17, 15) is 4.79 Å².